The summed E-state index contributed by atoms with van der Waals surface area (Å²) in [5.74, 6) is 0. The second-order valence-electron chi connectivity index (χ2n) is 7.94. The molecule has 0 aliphatic heterocycles. The Morgan fingerprint density at radius 2 is 1.14 bits per heavy atom. The first-order valence-electron chi connectivity index (χ1n) is 11.6. The summed E-state index contributed by atoms with van der Waals surface area (Å²) in [4.78, 5) is 0.194. The summed E-state index contributed by atoms with van der Waals surface area (Å²) >= 11 is 0. The minimum Gasteiger partial charge on any atom is -0.379 e. The average Bonchev–Trinajstić information content (AvgIpc) is 2.70. The van der Waals surface area contributed by atoms with Crippen molar-refractivity contribution >= 4 is 10.1 Å². The number of benzene rings is 1. The average molecular weight is 427 g/mol. The monoisotopic (exact) mass is 426 g/mol. The van der Waals surface area contributed by atoms with Crippen molar-refractivity contribution in [2.24, 2.45) is 0 Å². The summed E-state index contributed by atoms with van der Waals surface area (Å²) in [6, 6.07) is 6.67. The molecule has 0 spiro atoms. The van der Waals surface area contributed by atoms with Gasteiger partial charge < -0.3 is 4.74 Å². The molecule has 0 atom stereocenters. The van der Waals surface area contributed by atoms with Gasteiger partial charge in [0.05, 0.1) is 18.1 Å². The number of unbranched alkanes of at least 4 members (excludes halogenated alkanes) is 12. The Bertz CT molecular complexity index is 596. The molecule has 0 N–H and O–H groups in total. The molecule has 0 amide bonds. The van der Waals surface area contributed by atoms with Crippen LogP contribution in [0.3, 0.4) is 0 Å². The molecule has 5 heteroatoms. The minimum atomic E-state index is -3.68. The van der Waals surface area contributed by atoms with Gasteiger partial charge in [0.2, 0.25) is 0 Å². The summed E-state index contributed by atoms with van der Waals surface area (Å²) in [5, 5.41) is 0. The van der Waals surface area contributed by atoms with Crippen molar-refractivity contribution in [3.05, 3.63) is 29.8 Å². The van der Waals surface area contributed by atoms with E-state index in [2.05, 4.69) is 6.92 Å². The van der Waals surface area contributed by atoms with E-state index in [0.29, 0.717) is 13.2 Å². The lowest BCUT2D eigenvalue weighted by molar-refractivity contribution is 0.0989. The fraction of sp³-hybridized carbons (Fsp3) is 0.750. The quantitative estimate of drug-likeness (QED) is 0.180. The van der Waals surface area contributed by atoms with Crippen LogP contribution < -0.4 is 0 Å². The number of rotatable bonds is 19. The molecule has 1 aromatic rings. The van der Waals surface area contributed by atoms with E-state index in [1.54, 1.807) is 24.3 Å². The number of hydrogen-bond donors (Lipinski definition) is 0. The fourth-order valence-electron chi connectivity index (χ4n) is 3.30. The largest absolute Gasteiger partial charge is 0.379 e. The van der Waals surface area contributed by atoms with Crippen molar-refractivity contribution in [3.8, 4) is 0 Å². The van der Waals surface area contributed by atoms with Crippen LogP contribution in [0.1, 0.15) is 96.0 Å². The van der Waals surface area contributed by atoms with Gasteiger partial charge in [-0.15, -0.1) is 0 Å². The van der Waals surface area contributed by atoms with Crippen LogP contribution in [-0.4, -0.2) is 28.2 Å². The van der Waals surface area contributed by atoms with Crippen LogP contribution in [0.4, 0.5) is 0 Å². The van der Waals surface area contributed by atoms with Crippen molar-refractivity contribution in [1.29, 1.82) is 0 Å². The topological polar surface area (TPSA) is 52.6 Å². The molecule has 1 rings (SSSR count). The SMILES string of the molecule is CCCCCCCCCCCCCCCOCCOS(=O)(=O)c1ccc(C)cc1. The van der Waals surface area contributed by atoms with Gasteiger partial charge in [0.1, 0.15) is 0 Å². The van der Waals surface area contributed by atoms with E-state index in [9.17, 15) is 8.42 Å². The molecule has 0 aromatic heterocycles. The molecule has 0 fully saturated rings. The van der Waals surface area contributed by atoms with Gasteiger partial charge in [-0.25, -0.2) is 0 Å². The molecule has 4 nitrogen and oxygen atoms in total. The number of hydrogen-bond acceptors (Lipinski definition) is 4. The zero-order valence-corrected chi connectivity index (χ0v) is 19.5. The van der Waals surface area contributed by atoms with Crippen LogP contribution >= 0.6 is 0 Å². The Balaban J connectivity index is 1.86. The van der Waals surface area contributed by atoms with Gasteiger partial charge in [-0.3, -0.25) is 4.18 Å². The Hall–Kier alpha value is -0.910. The molecule has 0 bridgehead atoms. The van der Waals surface area contributed by atoms with Crippen LogP contribution in [0, 0.1) is 6.92 Å². The third-order valence-corrected chi connectivity index (χ3v) is 6.49. The second kappa shape index (κ2) is 16.8. The van der Waals surface area contributed by atoms with Gasteiger partial charge in [-0.1, -0.05) is 102 Å². The summed E-state index contributed by atoms with van der Waals surface area (Å²) in [7, 11) is -3.68. The van der Waals surface area contributed by atoms with Gasteiger partial charge in [0, 0.05) is 6.61 Å². The molecule has 0 heterocycles. The highest BCUT2D eigenvalue weighted by Crippen LogP contribution is 2.14. The molecule has 0 unspecified atom stereocenters. The molecule has 0 aliphatic rings. The van der Waals surface area contributed by atoms with E-state index < -0.39 is 10.1 Å². The Morgan fingerprint density at radius 1 is 0.655 bits per heavy atom. The maximum Gasteiger partial charge on any atom is 0.297 e. The maximum atomic E-state index is 12.0. The number of ether oxygens (including phenoxy) is 1. The third-order valence-electron chi connectivity index (χ3n) is 5.17. The standard InChI is InChI=1S/C24H42O4S/c1-3-4-5-6-7-8-9-10-11-12-13-14-15-20-27-21-22-28-29(25,26)24-18-16-23(2)17-19-24/h16-19H,3-15,20-22H2,1-2H3. The zero-order chi connectivity index (χ0) is 21.2. The summed E-state index contributed by atoms with van der Waals surface area (Å²) in [6.07, 6.45) is 17.3. The molecule has 168 valence electrons. The molecule has 1 aromatic carbocycles. The van der Waals surface area contributed by atoms with Crippen LogP contribution in [0.5, 0.6) is 0 Å². The van der Waals surface area contributed by atoms with Crippen LogP contribution in [0.15, 0.2) is 29.2 Å². The Morgan fingerprint density at radius 3 is 1.66 bits per heavy atom. The Kier molecular flexibility index (Phi) is 15.2. The third kappa shape index (κ3) is 13.8. The molecule has 29 heavy (non-hydrogen) atoms. The molecule has 0 radical (unpaired) electrons. The first kappa shape index (κ1) is 26.1. The van der Waals surface area contributed by atoms with Crippen molar-refractivity contribution in [1.82, 2.24) is 0 Å². The van der Waals surface area contributed by atoms with Gasteiger partial charge >= 0.3 is 0 Å². The van der Waals surface area contributed by atoms with E-state index in [1.807, 2.05) is 6.92 Å². The highest BCUT2D eigenvalue weighted by Gasteiger charge is 2.14. The fourth-order valence-corrected chi connectivity index (χ4v) is 4.19. The van der Waals surface area contributed by atoms with Gasteiger partial charge in [0.15, 0.2) is 0 Å². The predicted octanol–water partition coefficient (Wildman–Crippen LogP) is 6.81. The minimum absolute atomic E-state index is 0.0641. The van der Waals surface area contributed by atoms with E-state index in [0.717, 1.165) is 12.0 Å². The van der Waals surface area contributed by atoms with E-state index >= 15 is 0 Å². The lowest BCUT2D eigenvalue weighted by atomic mass is 10.0. The van der Waals surface area contributed by atoms with Crippen molar-refractivity contribution in [2.45, 2.75) is 102 Å². The van der Waals surface area contributed by atoms with Crippen LogP contribution in [-0.2, 0) is 19.0 Å². The van der Waals surface area contributed by atoms with E-state index in [1.165, 1.54) is 77.0 Å². The molecular weight excluding hydrogens is 384 g/mol. The van der Waals surface area contributed by atoms with E-state index in [4.69, 9.17) is 8.92 Å². The van der Waals surface area contributed by atoms with Gasteiger partial charge in [-0.05, 0) is 25.5 Å². The molecule has 0 saturated heterocycles. The summed E-state index contributed by atoms with van der Waals surface area (Å²) in [5.41, 5.74) is 1.02. The lowest BCUT2D eigenvalue weighted by Gasteiger charge is -2.07. The first-order valence-corrected chi connectivity index (χ1v) is 13.0. The number of aryl methyl sites for hydroxylation is 1. The van der Waals surface area contributed by atoms with E-state index in [-0.39, 0.29) is 11.5 Å². The summed E-state index contributed by atoms with van der Waals surface area (Å²) in [6.45, 7) is 5.23. The molecule has 0 saturated carbocycles. The first-order chi connectivity index (χ1) is 14.1. The zero-order valence-electron chi connectivity index (χ0n) is 18.7. The normalized spacial score (nSPS) is 11.8. The predicted molar refractivity (Wildman–Crippen MR) is 121 cm³/mol. The van der Waals surface area contributed by atoms with Crippen molar-refractivity contribution in [2.75, 3.05) is 19.8 Å². The van der Waals surface area contributed by atoms with Crippen LogP contribution in [0.25, 0.3) is 0 Å². The highest BCUT2D eigenvalue weighted by molar-refractivity contribution is 7.86. The smallest absolute Gasteiger partial charge is 0.297 e. The Labute approximate surface area is 179 Å². The highest BCUT2D eigenvalue weighted by atomic mass is 32.2. The lowest BCUT2D eigenvalue weighted by Crippen LogP contribution is -2.12. The molecule has 0 aliphatic carbocycles. The summed E-state index contributed by atoms with van der Waals surface area (Å²) < 4.78 is 34.6. The van der Waals surface area contributed by atoms with Crippen LogP contribution in [0.2, 0.25) is 0 Å². The molecular formula is C24H42O4S. The van der Waals surface area contributed by atoms with Gasteiger partial charge in [-0.2, -0.15) is 8.42 Å². The maximum absolute atomic E-state index is 12.0. The van der Waals surface area contributed by atoms with Gasteiger partial charge in [0.25, 0.3) is 10.1 Å². The second-order valence-corrected chi connectivity index (χ2v) is 9.56. The van der Waals surface area contributed by atoms with Crippen molar-refractivity contribution in [3.63, 3.8) is 0 Å². The van der Waals surface area contributed by atoms with Crippen molar-refractivity contribution < 1.29 is 17.3 Å².